The Balaban J connectivity index is 2.48. The highest BCUT2D eigenvalue weighted by Gasteiger charge is 2.40. The summed E-state index contributed by atoms with van der Waals surface area (Å²) >= 11 is -4.02. The average Bonchev–Trinajstić information content (AvgIpc) is 2.70. The van der Waals surface area contributed by atoms with E-state index in [1.165, 1.54) is 13.8 Å². The maximum absolute atomic E-state index is 14.9. The van der Waals surface area contributed by atoms with Gasteiger partial charge in [-0.25, -0.2) is 26.3 Å². The zero-order valence-electron chi connectivity index (χ0n) is 16.3. The maximum Gasteiger partial charge on any atom is 0.402 e. The largest absolute Gasteiger partial charge is 0.491 e. The smallest absolute Gasteiger partial charge is 0.402 e. The van der Waals surface area contributed by atoms with Crippen molar-refractivity contribution in [1.29, 1.82) is 0 Å². The van der Waals surface area contributed by atoms with Gasteiger partial charge in [0.1, 0.15) is 23.3 Å². The van der Waals surface area contributed by atoms with Crippen LogP contribution in [0.3, 0.4) is 0 Å². The molecule has 0 radical (unpaired) electrons. The molecule has 0 aliphatic carbocycles. The first-order chi connectivity index (χ1) is 14.5. The molecule has 3 aromatic carbocycles. The van der Waals surface area contributed by atoms with Gasteiger partial charge in [-0.05, 0) is 29.4 Å². The zero-order valence-corrected chi connectivity index (χ0v) is 17.5. The third kappa shape index (κ3) is 3.90. The molecule has 10 heteroatoms. The van der Waals surface area contributed by atoms with Gasteiger partial charge < -0.3 is 4.74 Å². The lowest BCUT2D eigenvalue weighted by molar-refractivity contribution is 0.335. The lowest BCUT2D eigenvalue weighted by Crippen LogP contribution is -2.57. The number of halogens is 8. The minimum Gasteiger partial charge on any atom is -0.491 e. The first-order valence-corrected chi connectivity index (χ1v) is 10.5. The van der Waals surface area contributed by atoms with Crippen molar-refractivity contribution in [2.24, 2.45) is 0 Å². The van der Waals surface area contributed by atoms with Crippen LogP contribution in [0.4, 0.5) is 35.1 Å². The van der Waals surface area contributed by atoms with Crippen molar-refractivity contribution in [3.8, 4) is 5.75 Å². The summed E-state index contributed by atoms with van der Waals surface area (Å²) in [6.07, 6.45) is 0. The van der Waals surface area contributed by atoms with E-state index in [4.69, 9.17) is 0 Å². The van der Waals surface area contributed by atoms with Crippen LogP contribution in [-0.4, -0.2) is 21.3 Å². The van der Waals surface area contributed by atoms with E-state index in [1.807, 2.05) is 0 Å². The molecule has 0 fully saturated rings. The van der Waals surface area contributed by atoms with Gasteiger partial charge in [-0.15, -0.1) is 0 Å². The molecule has 0 unspecified atom stereocenters. The Morgan fingerprint density at radius 1 is 0.581 bits per heavy atom. The van der Waals surface area contributed by atoms with E-state index in [0.29, 0.717) is 12.1 Å². The van der Waals surface area contributed by atoms with Gasteiger partial charge in [-0.2, -0.15) is 8.78 Å². The van der Waals surface area contributed by atoms with Crippen molar-refractivity contribution in [2.75, 3.05) is 7.11 Å². The molecular formula is C21H13AlF8O. The molecule has 0 spiro atoms. The summed E-state index contributed by atoms with van der Waals surface area (Å²) in [5, 5.41) is 0. The summed E-state index contributed by atoms with van der Waals surface area (Å²) in [6, 6.07) is 2.62. The van der Waals surface area contributed by atoms with Crippen molar-refractivity contribution >= 4 is 27.4 Å². The molecule has 162 valence electrons. The topological polar surface area (TPSA) is 9.23 Å². The molecule has 0 heterocycles. The Bertz CT molecular complexity index is 1110. The number of methoxy groups -OCH3 is 1. The molecule has 3 aromatic rings. The summed E-state index contributed by atoms with van der Waals surface area (Å²) in [5.74, 6) is -13.5. The Labute approximate surface area is 176 Å². The molecular weight excluding hydrogens is 447 g/mol. The van der Waals surface area contributed by atoms with E-state index < -0.39 is 79.7 Å². The highest BCUT2D eigenvalue weighted by atomic mass is 27.2. The number of hydrogen-bond donors (Lipinski definition) is 0. The van der Waals surface area contributed by atoms with Crippen LogP contribution in [0.25, 0.3) is 0 Å². The molecule has 31 heavy (non-hydrogen) atoms. The first kappa shape index (κ1) is 23.1. The summed E-state index contributed by atoms with van der Waals surface area (Å²) < 4.78 is 118. The van der Waals surface area contributed by atoms with Crippen molar-refractivity contribution < 1.29 is 39.9 Å². The predicted octanol–water partition coefficient (Wildman–Crippen LogP) is 3.94. The van der Waals surface area contributed by atoms with Crippen LogP contribution in [-0.2, 0) is 0 Å². The average molecular weight is 460 g/mol. The molecule has 0 atom stereocenters. The fraction of sp³-hybridized carbons (Fsp3) is 0.143. The second-order valence-corrected chi connectivity index (χ2v) is 9.57. The SMILES string of the molecule is COc1c(F)c(F)[c]([Al]([c]2cc(C)c(F)cc2F)[c]2cc(C)c(F)cc2F)c(F)c1F. The highest BCUT2D eigenvalue weighted by Crippen LogP contribution is 2.26. The lowest BCUT2D eigenvalue weighted by Gasteiger charge is -2.20. The van der Waals surface area contributed by atoms with Crippen LogP contribution >= 0.6 is 0 Å². The minimum atomic E-state index is -4.02. The van der Waals surface area contributed by atoms with Gasteiger partial charge in [-0.1, -0.05) is 21.0 Å². The second-order valence-electron chi connectivity index (χ2n) is 6.88. The van der Waals surface area contributed by atoms with E-state index in [1.54, 1.807) is 0 Å². The van der Waals surface area contributed by atoms with Crippen molar-refractivity contribution in [3.05, 3.63) is 81.9 Å². The quantitative estimate of drug-likeness (QED) is 0.326. The summed E-state index contributed by atoms with van der Waals surface area (Å²) in [7, 11) is 0.779. The van der Waals surface area contributed by atoms with Crippen LogP contribution in [0.15, 0.2) is 24.3 Å². The third-order valence-electron chi connectivity index (χ3n) is 4.93. The number of rotatable bonds is 4. The summed E-state index contributed by atoms with van der Waals surface area (Å²) in [4.78, 5) is 0. The molecule has 0 saturated carbocycles. The lowest BCUT2D eigenvalue weighted by atomic mass is 10.2. The van der Waals surface area contributed by atoms with Crippen LogP contribution in [0, 0.1) is 60.4 Å². The third-order valence-corrected chi connectivity index (χ3v) is 8.14. The van der Waals surface area contributed by atoms with Crippen LogP contribution in [0.1, 0.15) is 11.1 Å². The van der Waals surface area contributed by atoms with Crippen molar-refractivity contribution in [1.82, 2.24) is 0 Å². The fourth-order valence-electron chi connectivity index (χ4n) is 3.34. The van der Waals surface area contributed by atoms with Gasteiger partial charge in [0.05, 0.1) is 7.11 Å². The number of aryl methyl sites for hydroxylation is 2. The predicted molar refractivity (Wildman–Crippen MR) is 99.7 cm³/mol. The Kier molecular flexibility index (Phi) is 6.35. The number of hydrogen-bond acceptors (Lipinski definition) is 1. The van der Waals surface area contributed by atoms with Gasteiger partial charge >= 0.3 is 14.1 Å². The molecule has 0 bridgehead atoms. The van der Waals surface area contributed by atoms with E-state index in [-0.39, 0.29) is 11.1 Å². The number of ether oxygens (including phenoxy) is 1. The van der Waals surface area contributed by atoms with E-state index in [2.05, 4.69) is 4.74 Å². The summed E-state index contributed by atoms with van der Waals surface area (Å²) in [5.41, 5.74) is -0.299. The highest BCUT2D eigenvalue weighted by molar-refractivity contribution is 6.95. The molecule has 1 nitrogen and oxygen atoms in total. The molecule has 0 aliphatic heterocycles. The standard InChI is InChI=1S/C7H3F4O.2C7H5F2.Al/c1-12-7-5(10)3(8)2-4(9)6(7)11;2*1-5-2-3-6(8)4-7(5)9;/h1H3;2*2,4H,1H3;. The Morgan fingerprint density at radius 3 is 1.32 bits per heavy atom. The molecule has 0 aromatic heterocycles. The molecule has 0 amide bonds. The second kappa shape index (κ2) is 8.52. The fourth-order valence-corrected chi connectivity index (χ4v) is 6.61. The molecule has 0 saturated heterocycles. The van der Waals surface area contributed by atoms with Gasteiger partial charge in [0.2, 0.25) is 11.6 Å². The Morgan fingerprint density at radius 2 is 0.968 bits per heavy atom. The van der Waals surface area contributed by atoms with Crippen LogP contribution in [0.5, 0.6) is 5.75 Å². The molecule has 3 rings (SSSR count). The molecule has 0 N–H and O–H groups in total. The van der Waals surface area contributed by atoms with E-state index in [9.17, 15) is 35.1 Å². The maximum atomic E-state index is 14.9. The van der Waals surface area contributed by atoms with Gasteiger partial charge in [0.15, 0.2) is 17.4 Å². The van der Waals surface area contributed by atoms with Crippen LogP contribution in [0.2, 0.25) is 0 Å². The van der Waals surface area contributed by atoms with Crippen molar-refractivity contribution in [2.45, 2.75) is 13.8 Å². The normalized spacial score (nSPS) is 11.1. The summed E-state index contributed by atoms with van der Waals surface area (Å²) in [6.45, 7) is 2.44. The van der Waals surface area contributed by atoms with Crippen molar-refractivity contribution in [3.63, 3.8) is 0 Å². The van der Waals surface area contributed by atoms with Crippen LogP contribution < -0.4 is 18.0 Å². The first-order valence-electron chi connectivity index (χ1n) is 8.80. The zero-order chi connectivity index (χ0) is 23.2. The minimum absolute atomic E-state index is 0.150. The van der Waals surface area contributed by atoms with E-state index in [0.717, 1.165) is 19.2 Å². The Hall–Kier alpha value is -2.57. The molecule has 0 aliphatic rings. The van der Waals surface area contributed by atoms with E-state index >= 15 is 0 Å². The monoisotopic (exact) mass is 460 g/mol. The van der Waals surface area contributed by atoms with Gasteiger partial charge in [0.25, 0.3) is 0 Å². The van der Waals surface area contributed by atoms with Gasteiger partial charge in [0, 0.05) is 12.1 Å². The number of benzene rings is 3. The van der Waals surface area contributed by atoms with Gasteiger partial charge in [-0.3, -0.25) is 0 Å².